The Balaban J connectivity index is 1.87. The number of sulfone groups is 1. The van der Waals surface area contributed by atoms with E-state index in [0.717, 1.165) is 12.1 Å². The zero-order valence-corrected chi connectivity index (χ0v) is 17.3. The first-order valence-corrected chi connectivity index (χ1v) is 11.1. The van der Waals surface area contributed by atoms with Gasteiger partial charge in [0.25, 0.3) is 5.91 Å². The van der Waals surface area contributed by atoms with Crippen molar-refractivity contribution >= 4 is 15.7 Å². The molecule has 2 aliphatic rings. The number of carbonyl (C=O) groups is 1. The van der Waals surface area contributed by atoms with Gasteiger partial charge in [-0.05, 0) is 44.5 Å². The number of aryl methyl sites for hydroxylation is 1. The largest absolute Gasteiger partial charge is 0.497 e. The Morgan fingerprint density at radius 3 is 2.56 bits per heavy atom. The molecule has 148 valence electrons. The fourth-order valence-electron chi connectivity index (χ4n) is 3.96. The van der Waals surface area contributed by atoms with Crippen LogP contribution in [0.25, 0.3) is 0 Å². The number of ether oxygens (including phenoxy) is 1. The van der Waals surface area contributed by atoms with Gasteiger partial charge in [0.2, 0.25) is 0 Å². The van der Waals surface area contributed by atoms with E-state index in [1.54, 1.807) is 24.1 Å². The van der Waals surface area contributed by atoms with Crippen LogP contribution in [0, 0.1) is 6.92 Å². The second-order valence-corrected chi connectivity index (χ2v) is 9.82. The highest BCUT2D eigenvalue weighted by atomic mass is 32.2. The number of allylic oxidation sites excluding steroid dienone is 1. The molecule has 1 amide bonds. The molecule has 27 heavy (non-hydrogen) atoms. The van der Waals surface area contributed by atoms with Crippen LogP contribution in [-0.2, 0) is 9.84 Å². The maximum absolute atomic E-state index is 13.2. The minimum Gasteiger partial charge on any atom is -0.497 e. The first kappa shape index (κ1) is 19.9. The number of methoxy groups -OCH3 is 1. The van der Waals surface area contributed by atoms with Gasteiger partial charge < -0.3 is 9.64 Å². The van der Waals surface area contributed by atoms with Crippen LogP contribution in [0.3, 0.4) is 0 Å². The standard InChI is InChI=1S/C20H28N2O4S/c1-14(2)7-8-21-9-10-22(19-13-27(24,25)12-18(19)21)20(23)17-6-5-16(26-4)11-15(17)3/h5-7,11,18-19H,8-10,12-13H2,1-4H3/t18-,19+/m1/s1. The van der Waals surface area contributed by atoms with E-state index in [4.69, 9.17) is 4.74 Å². The summed E-state index contributed by atoms with van der Waals surface area (Å²) in [6, 6.07) is 4.95. The van der Waals surface area contributed by atoms with Gasteiger partial charge in [-0.15, -0.1) is 0 Å². The molecule has 0 radical (unpaired) electrons. The number of benzene rings is 1. The van der Waals surface area contributed by atoms with E-state index in [1.165, 1.54) is 5.57 Å². The first-order chi connectivity index (χ1) is 12.7. The van der Waals surface area contributed by atoms with Crippen molar-refractivity contribution < 1.29 is 17.9 Å². The molecular weight excluding hydrogens is 364 g/mol. The topological polar surface area (TPSA) is 66.9 Å². The van der Waals surface area contributed by atoms with Crippen molar-refractivity contribution in [3.63, 3.8) is 0 Å². The number of piperazine rings is 1. The summed E-state index contributed by atoms with van der Waals surface area (Å²) in [6.07, 6.45) is 2.12. The third-order valence-electron chi connectivity index (χ3n) is 5.45. The van der Waals surface area contributed by atoms with Gasteiger partial charge in [-0.2, -0.15) is 0 Å². The van der Waals surface area contributed by atoms with E-state index in [-0.39, 0.29) is 29.5 Å². The van der Waals surface area contributed by atoms with Gasteiger partial charge >= 0.3 is 0 Å². The van der Waals surface area contributed by atoms with E-state index in [0.29, 0.717) is 24.4 Å². The minimum absolute atomic E-state index is 0.0456. The lowest BCUT2D eigenvalue weighted by Gasteiger charge is -2.43. The molecule has 1 aromatic rings. The average Bonchev–Trinajstić information content (AvgIpc) is 2.93. The highest BCUT2D eigenvalue weighted by molar-refractivity contribution is 7.91. The fraction of sp³-hybridized carbons (Fsp3) is 0.550. The maximum Gasteiger partial charge on any atom is 0.254 e. The van der Waals surface area contributed by atoms with Crippen molar-refractivity contribution in [1.29, 1.82) is 0 Å². The Morgan fingerprint density at radius 1 is 1.22 bits per heavy atom. The van der Waals surface area contributed by atoms with Crippen LogP contribution in [0.2, 0.25) is 0 Å². The van der Waals surface area contributed by atoms with E-state index >= 15 is 0 Å². The Bertz CT molecular complexity index is 859. The molecule has 2 heterocycles. The molecule has 2 saturated heterocycles. The molecule has 2 atom stereocenters. The molecule has 1 aromatic carbocycles. The van der Waals surface area contributed by atoms with E-state index < -0.39 is 9.84 Å². The first-order valence-electron chi connectivity index (χ1n) is 9.25. The van der Waals surface area contributed by atoms with Gasteiger partial charge in [0.1, 0.15) is 5.75 Å². The van der Waals surface area contributed by atoms with Gasteiger partial charge in [-0.1, -0.05) is 11.6 Å². The zero-order chi connectivity index (χ0) is 19.8. The molecule has 0 aromatic heterocycles. The van der Waals surface area contributed by atoms with Crippen molar-refractivity contribution in [1.82, 2.24) is 9.80 Å². The second-order valence-electron chi connectivity index (χ2n) is 7.67. The Kier molecular flexibility index (Phi) is 5.63. The molecule has 0 bridgehead atoms. The van der Waals surface area contributed by atoms with Crippen LogP contribution in [0.1, 0.15) is 29.8 Å². The quantitative estimate of drug-likeness (QED) is 0.732. The molecule has 2 aliphatic heterocycles. The SMILES string of the molecule is COc1ccc(C(=O)N2CCN(CC=C(C)C)[C@@H]3CS(=O)(=O)C[C@@H]32)c(C)c1. The molecule has 0 aliphatic carbocycles. The predicted molar refractivity (Wildman–Crippen MR) is 106 cm³/mol. The summed E-state index contributed by atoms with van der Waals surface area (Å²) >= 11 is 0. The highest BCUT2D eigenvalue weighted by Gasteiger charge is 2.47. The lowest BCUT2D eigenvalue weighted by atomic mass is 10.0. The third-order valence-corrected chi connectivity index (χ3v) is 7.15. The Morgan fingerprint density at radius 2 is 1.93 bits per heavy atom. The van der Waals surface area contributed by atoms with Gasteiger partial charge in [0.15, 0.2) is 9.84 Å². The number of hydrogen-bond acceptors (Lipinski definition) is 5. The highest BCUT2D eigenvalue weighted by Crippen LogP contribution is 2.29. The molecule has 3 rings (SSSR count). The summed E-state index contributed by atoms with van der Waals surface area (Å²) in [6.45, 7) is 7.90. The van der Waals surface area contributed by atoms with Gasteiger partial charge in [0, 0.05) is 31.2 Å². The monoisotopic (exact) mass is 392 g/mol. The van der Waals surface area contributed by atoms with Crippen molar-refractivity contribution in [2.24, 2.45) is 0 Å². The summed E-state index contributed by atoms with van der Waals surface area (Å²) < 4.78 is 29.9. The minimum atomic E-state index is -3.15. The molecule has 6 nitrogen and oxygen atoms in total. The summed E-state index contributed by atoms with van der Waals surface area (Å²) in [7, 11) is -1.55. The van der Waals surface area contributed by atoms with Crippen LogP contribution in [0.5, 0.6) is 5.75 Å². The number of rotatable bonds is 4. The fourth-order valence-corrected chi connectivity index (χ4v) is 5.97. The van der Waals surface area contributed by atoms with Crippen molar-refractivity contribution in [3.05, 3.63) is 41.0 Å². The number of nitrogens with zero attached hydrogens (tertiary/aromatic N) is 2. The number of carbonyl (C=O) groups excluding carboxylic acids is 1. The number of amides is 1. The Labute approximate surface area is 161 Å². The number of fused-ring (bicyclic) bond motifs is 1. The molecule has 0 spiro atoms. The van der Waals surface area contributed by atoms with Gasteiger partial charge in [-0.25, -0.2) is 8.42 Å². The molecule has 7 heteroatoms. The normalized spacial score (nSPS) is 24.4. The molecule has 2 fully saturated rings. The van der Waals surface area contributed by atoms with E-state index in [1.807, 2.05) is 26.8 Å². The third kappa shape index (κ3) is 4.19. The molecular formula is C20H28N2O4S. The summed E-state index contributed by atoms with van der Waals surface area (Å²) in [5.41, 5.74) is 2.65. The maximum atomic E-state index is 13.2. The lowest BCUT2D eigenvalue weighted by molar-refractivity contribution is 0.0367. The van der Waals surface area contributed by atoms with Crippen molar-refractivity contribution in [2.45, 2.75) is 32.9 Å². The molecule has 0 unspecified atom stereocenters. The Hall–Kier alpha value is -1.86. The predicted octanol–water partition coefficient (Wildman–Crippen LogP) is 1.89. The zero-order valence-electron chi connectivity index (χ0n) is 16.4. The van der Waals surface area contributed by atoms with Gasteiger partial charge in [-0.3, -0.25) is 9.69 Å². The van der Waals surface area contributed by atoms with E-state index in [9.17, 15) is 13.2 Å². The molecule has 0 saturated carbocycles. The summed E-state index contributed by atoms with van der Waals surface area (Å²) in [5, 5.41) is 0. The van der Waals surface area contributed by atoms with Crippen LogP contribution < -0.4 is 4.74 Å². The number of hydrogen-bond donors (Lipinski definition) is 0. The van der Waals surface area contributed by atoms with Crippen LogP contribution in [0.15, 0.2) is 29.8 Å². The second kappa shape index (κ2) is 7.64. The van der Waals surface area contributed by atoms with Crippen LogP contribution >= 0.6 is 0 Å². The lowest BCUT2D eigenvalue weighted by Crippen LogP contribution is -2.60. The van der Waals surface area contributed by atoms with Crippen molar-refractivity contribution in [3.8, 4) is 5.75 Å². The van der Waals surface area contributed by atoms with Crippen LogP contribution in [0.4, 0.5) is 0 Å². The summed E-state index contributed by atoms with van der Waals surface area (Å²) in [4.78, 5) is 17.2. The summed E-state index contributed by atoms with van der Waals surface area (Å²) in [5.74, 6) is 0.782. The van der Waals surface area contributed by atoms with E-state index in [2.05, 4.69) is 11.0 Å². The van der Waals surface area contributed by atoms with Crippen LogP contribution in [-0.4, -0.2) is 74.5 Å². The van der Waals surface area contributed by atoms with Gasteiger partial charge in [0.05, 0.1) is 24.7 Å². The van der Waals surface area contributed by atoms with Crippen molar-refractivity contribution in [2.75, 3.05) is 38.2 Å². The smallest absolute Gasteiger partial charge is 0.254 e. The average molecular weight is 393 g/mol. The molecule has 0 N–H and O–H groups in total.